The summed E-state index contributed by atoms with van der Waals surface area (Å²) in [6, 6.07) is 9.82. The van der Waals surface area contributed by atoms with E-state index in [1.165, 1.54) is 0 Å². The van der Waals surface area contributed by atoms with Gasteiger partial charge >= 0.3 is 0 Å². The van der Waals surface area contributed by atoms with Crippen LogP contribution in [0.3, 0.4) is 0 Å². The largest absolute Gasteiger partial charge is 0.468 e. The summed E-state index contributed by atoms with van der Waals surface area (Å²) in [6.45, 7) is 3.72. The Kier molecular flexibility index (Phi) is 3.36. The fraction of sp³-hybridized carbons (Fsp3) is 0.231. The van der Waals surface area contributed by atoms with Gasteiger partial charge in [0, 0.05) is 4.90 Å². The fourth-order valence-corrected chi connectivity index (χ4v) is 2.57. The monoisotopic (exact) mass is 234 g/mol. The van der Waals surface area contributed by atoms with Crippen molar-refractivity contribution in [2.45, 2.75) is 29.7 Å². The summed E-state index contributed by atoms with van der Waals surface area (Å²) in [5.74, 6) is 0.908. The molecule has 0 unspecified atom stereocenters. The SMILES string of the molecule is Cc1occc1Sc1ccccc1[C@H](C)O. The molecule has 16 heavy (non-hydrogen) atoms. The molecule has 84 valence electrons. The topological polar surface area (TPSA) is 33.4 Å². The summed E-state index contributed by atoms with van der Waals surface area (Å²) >= 11 is 1.62. The van der Waals surface area contributed by atoms with Crippen LogP contribution in [0.15, 0.2) is 50.8 Å². The molecule has 1 aromatic heterocycles. The zero-order valence-electron chi connectivity index (χ0n) is 9.31. The van der Waals surface area contributed by atoms with Gasteiger partial charge in [0.15, 0.2) is 0 Å². The normalized spacial score (nSPS) is 12.7. The maximum absolute atomic E-state index is 9.67. The first kappa shape index (κ1) is 11.3. The molecule has 1 atom stereocenters. The van der Waals surface area contributed by atoms with Gasteiger partial charge in [-0.05, 0) is 31.5 Å². The lowest BCUT2D eigenvalue weighted by atomic mass is 10.1. The molecule has 0 saturated carbocycles. The second-order valence-electron chi connectivity index (χ2n) is 3.66. The van der Waals surface area contributed by atoms with Gasteiger partial charge in [-0.25, -0.2) is 0 Å². The van der Waals surface area contributed by atoms with Crippen molar-refractivity contribution in [1.29, 1.82) is 0 Å². The fourth-order valence-electron chi connectivity index (χ4n) is 1.52. The average molecular weight is 234 g/mol. The minimum atomic E-state index is -0.448. The Labute approximate surface area is 99.3 Å². The van der Waals surface area contributed by atoms with Crippen molar-refractivity contribution in [2.75, 3.05) is 0 Å². The molecule has 0 radical (unpaired) electrons. The number of benzene rings is 1. The van der Waals surface area contributed by atoms with Crippen molar-refractivity contribution in [3.63, 3.8) is 0 Å². The molecule has 1 aromatic carbocycles. The molecule has 0 aliphatic heterocycles. The molecule has 3 heteroatoms. The van der Waals surface area contributed by atoms with Crippen molar-refractivity contribution in [2.24, 2.45) is 0 Å². The third-order valence-electron chi connectivity index (χ3n) is 2.40. The molecular formula is C13H14O2S. The Bertz CT molecular complexity index is 474. The van der Waals surface area contributed by atoms with Crippen LogP contribution in [0.2, 0.25) is 0 Å². The van der Waals surface area contributed by atoms with Gasteiger partial charge < -0.3 is 9.52 Å². The first-order valence-corrected chi connectivity index (χ1v) is 5.99. The Morgan fingerprint density at radius 1 is 1.19 bits per heavy atom. The van der Waals surface area contributed by atoms with Gasteiger partial charge in [-0.15, -0.1) is 0 Å². The number of hydrogen-bond donors (Lipinski definition) is 1. The maximum Gasteiger partial charge on any atom is 0.114 e. The zero-order valence-corrected chi connectivity index (χ0v) is 10.1. The van der Waals surface area contributed by atoms with Crippen LogP contribution in [-0.4, -0.2) is 5.11 Å². The Balaban J connectivity index is 2.31. The van der Waals surface area contributed by atoms with Crippen LogP contribution in [0.25, 0.3) is 0 Å². The highest BCUT2D eigenvalue weighted by atomic mass is 32.2. The standard InChI is InChI=1S/C13H14O2S/c1-9(14)11-5-3-4-6-13(11)16-12-7-8-15-10(12)2/h3-9,14H,1-2H3/t9-/m0/s1. The average Bonchev–Trinajstić information content (AvgIpc) is 2.65. The van der Waals surface area contributed by atoms with E-state index in [0.29, 0.717) is 0 Å². The van der Waals surface area contributed by atoms with E-state index >= 15 is 0 Å². The molecule has 1 heterocycles. The lowest BCUT2D eigenvalue weighted by Crippen LogP contribution is -1.93. The molecule has 0 spiro atoms. The van der Waals surface area contributed by atoms with Crippen LogP contribution >= 0.6 is 11.8 Å². The summed E-state index contributed by atoms with van der Waals surface area (Å²) in [6.07, 6.45) is 1.23. The summed E-state index contributed by atoms with van der Waals surface area (Å²) in [5, 5.41) is 9.67. The van der Waals surface area contributed by atoms with E-state index in [9.17, 15) is 5.11 Å². The number of aliphatic hydroxyl groups excluding tert-OH is 1. The highest BCUT2D eigenvalue weighted by Crippen LogP contribution is 2.35. The van der Waals surface area contributed by atoms with Gasteiger partial charge in [0.2, 0.25) is 0 Å². The highest BCUT2D eigenvalue weighted by molar-refractivity contribution is 7.99. The van der Waals surface area contributed by atoms with Gasteiger partial charge in [-0.3, -0.25) is 0 Å². The molecule has 0 aliphatic carbocycles. The number of furan rings is 1. The third-order valence-corrected chi connectivity index (χ3v) is 3.64. The Morgan fingerprint density at radius 2 is 1.94 bits per heavy atom. The minimum absolute atomic E-state index is 0.448. The molecule has 0 fully saturated rings. The van der Waals surface area contributed by atoms with Crippen molar-refractivity contribution in [3.05, 3.63) is 47.9 Å². The molecule has 2 nitrogen and oxygen atoms in total. The first-order chi connectivity index (χ1) is 7.68. The quantitative estimate of drug-likeness (QED) is 0.877. The van der Waals surface area contributed by atoms with Gasteiger partial charge in [0.25, 0.3) is 0 Å². The minimum Gasteiger partial charge on any atom is -0.468 e. The summed E-state index contributed by atoms with van der Waals surface area (Å²) in [5.41, 5.74) is 0.952. The van der Waals surface area contributed by atoms with E-state index in [1.54, 1.807) is 24.9 Å². The van der Waals surface area contributed by atoms with Crippen LogP contribution in [0.1, 0.15) is 24.4 Å². The van der Waals surface area contributed by atoms with Gasteiger partial charge in [0.05, 0.1) is 17.3 Å². The molecule has 0 aliphatic rings. The predicted octanol–water partition coefficient (Wildman–Crippen LogP) is 3.79. The summed E-state index contributed by atoms with van der Waals surface area (Å²) in [7, 11) is 0. The van der Waals surface area contributed by atoms with E-state index in [1.807, 2.05) is 37.3 Å². The summed E-state index contributed by atoms with van der Waals surface area (Å²) < 4.78 is 5.25. The van der Waals surface area contributed by atoms with E-state index < -0.39 is 6.10 Å². The van der Waals surface area contributed by atoms with Crippen LogP contribution in [-0.2, 0) is 0 Å². The predicted molar refractivity (Wildman–Crippen MR) is 64.6 cm³/mol. The van der Waals surface area contributed by atoms with Crippen molar-refractivity contribution < 1.29 is 9.52 Å². The second kappa shape index (κ2) is 4.76. The Hall–Kier alpha value is -1.19. The lowest BCUT2D eigenvalue weighted by Gasteiger charge is -2.10. The lowest BCUT2D eigenvalue weighted by molar-refractivity contribution is 0.196. The molecule has 2 rings (SSSR count). The van der Waals surface area contributed by atoms with Crippen LogP contribution < -0.4 is 0 Å². The van der Waals surface area contributed by atoms with Crippen molar-refractivity contribution >= 4 is 11.8 Å². The van der Waals surface area contributed by atoms with Crippen LogP contribution in [0.5, 0.6) is 0 Å². The van der Waals surface area contributed by atoms with Crippen molar-refractivity contribution in [1.82, 2.24) is 0 Å². The smallest absolute Gasteiger partial charge is 0.114 e. The van der Waals surface area contributed by atoms with E-state index in [2.05, 4.69) is 0 Å². The first-order valence-electron chi connectivity index (χ1n) is 5.17. The maximum atomic E-state index is 9.67. The number of aryl methyl sites for hydroxylation is 1. The second-order valence-corrected chi connectivity index (χ2v) is 4.74. The number of rotatable bonds is 3. The molecule has 0 bridgehead atoms. The zero-order chi connectivity index (χ0) is 11.5. The van der Waals surface area contributed by atoms with E-state index in [-0.39, 0.29) is 0 Å². The van der Waals surface area contributed by atoms with Gasteiger partial charge in [-0.1, -0.05) is 30.0 Å². The van der Waals surface area contributed by atoms with E-state index in [4.69, 9.17) is 4.42 Å². The van der Waals surface area contributed by atoms with Crippen molar-refractivity contribution in [3.8, 4) is 0 Å². The third kappa shape index (κ3) is 2.31. The Morgan fingerprint density at radius 3 is 2.56 bits per heavy atom. The molecule has 0 saturated heterocycles. The summed E-state index contributed by atoms with van der Waals surface area (Å²) in [4.78, 5) is 2.16. The molecule has 2 aromatic rings. The highest BCUT2D eigenvalue weighted by Gasteiger charge is 2.10. The van der Waals surface area contributed by atoms with Gasteiger partial charge in [0.1, 0.15) is 5.76 Å². The molecular weight excluding hydrogens is 220 g/mol. The van der Waals surface area contributed by atoms with Crippen LogP contribution in [0, 0.1) is 6.92 Å². The van der Waals surface area contributed by atoms with Crippen LogP contribution in [0.4, 0.5) is 0 Å². The molecule has 1 N–H and O–H groups in total. The van der Waals surface area contributed by atoms with Gasteiger partial charge in [-0.2, -0.15) is 0 Å². The number of aliphatic hydroxyl groups is 1. The number of hydrogen-bond acceptors (Lipinski definition) is 3. The van der Waals surface area contributed by atoms with E-state index in [0.717, 1.165) is 21.1 Å². The molecule has 0 amide bonds.